The second-order valence-corrected chi connectivity index (χ2v) is 1.40. The summed E-state index contributed by atoms with van der Waals surface area (Å²) in [5.74, 6) is 0. The molecule has 0 aromatic rings. The molecule has 0 heterocycles. The number of rotatable bonds is 0. The van der Waals surface area contributed by atoms with Crippen LogP contribution in [0.4, 0.5) is 0 Å². The molecule has 0 nitrogen and oxygen atoms in total. The molecule has 1 rings (SSSR count). The molecule has 1 aliphatic rings. The Hall–Kier alpha value is 0.337. The van der Waals surface area contributed by atoms with Crippen molar-refractivity contribution in [3.8, 4) is 0 Å². The van der Waals surface area contributed by atoms with Crippen LogP contribution in [0.25, 0.3) is 0 Å². The first kappa shape index (κ1) is 6.34. The Bertz CT molecular complexity index is 41.9. The van der Waals surface area contributed by atoms with E-state index in [1.165, 1.54) is 19.3 Å². The minimum absolute atomic E-state index is 0. The summed E-state index contributed by atoms with van der Waals surface area (Å²) in [6.45, 7) is 0. The Morgan fingerprint density at radius 2 is 1.50 bits per heavy atom. The van der Waals surface area contributed by atoms with Gasteiger partial charge in [0, 0.05) is 18.9 Å². The molecule has 0 saturated heterocycles. The first-order valence-corrected chi connectivity index (χ1v) is 2.15. The van der Waals surface area contributed by atoms with Crippen LogP contribution in [0.1, 0.15) is 19.3 Å². The molecular formula is C5H8Li. The van der Waals surface area contributed by atoms with E-state index in [9.17, 15) is 0 Å². The molecule has 0 aliphatic heterocycles. The van der Waals surface area contributed by atoms with E-state index in [1.807, 2.05) is 0 Å². The van der Waals surface area contributed by atoms with Gasteiger partial charge in [-0.05, 0) is 19.3 Å². The molecule has 1 aliphatic carbocycles. The van der Waals surface area contributed by atoms with Gasteiger partial charge in [-0.1, -0.05) is 12.2 Å². The van der Waals surface area contributed by atoms with Gasteiger partial charge in [-0.2, -0.15) is 0 Å². The summed E-state index contributed by atoms with van der Waals surface area (Å²) < 4.78 is 0. The summed E-state index contributed by atoms with van der Waals surface area (Å²) in [6, 6.07) is 0. The average Bonchev–Trinajstić information content (AvgIpc) is 1.76. The summed E-state index contributed by atoms with van der Waals surface area (Å²) in [7, 11) is 0. The normalized spacial score (nSPS) is 17.3. The van der Waals surface area contributed by atoms with Crippen LogP contribution in [-0.4, -0.2) is 18.9 Å². The van der Waals surface area contributed by atoms with E-state index in [1.54, 1.807) is 0 Å². The maximum atomic E-state index is 2.24. The molecule has 0 bridgehead atoms. The zero-order chi connectivity index (χ0) is 3.54. The predicted octanol–water partition coefficient (Wildman–Crippen LogP) is 1.35. The quantitative estimate of drug-likeness (QED) is 0.301. The average molecular weight is 75.1 g/mol. The van der Waals surface area contributed by atoms with Crippen LogP contribution in [0.3, 0.4) is 0 Å². The molecule has 0 aromatic carbocycles. The van der Waals surface area contributed by atoms with Gasteiger partial charge in [0.1, 0.15) is 0 Å². The Morgan fingerprint density at radius 3 is 1.67 bits per heavy atom. The van der Waals surface area contributed by atoms with E-state index in [-0.39, 0.29) is 18.9 Å². The van der Waals surface area contributed by atoms with Gasteiger partial charge in [0.15, 0.2) is 0 Å². The monoisotopic (exact) mass is 75.1 g/mol. The predicted molar refractivity (Wildman–Crippen MR) is 28.7 cm³/mol. The fraction of sp³-hybridized carbons (Fsp3) is 0.600. The molecule has 1 heteroatoms. The molecular weight excluding hydrogens is 67.0 g/mol. The Morgan fingerprint density at radius 1 is 1.00 bits per heavy atom. The maximum Gasteiger partial charge on any atom is 0 e. The van der Waals surface area contributed by atoms with Crippen molar-refractivity contribution in [2.45, 2.75) is 19.3 Å². The molecule has 0 amide bonds. The third-order valence-corrected chi connectivity index (χ3v) is 0.908. The van der Waals surface area contributed by atoms with E-state index in [0.717, 1.165) is 0 Å². The van der Waals surface area contributed by atoms with Crippen molar-refractivity contribution in [2.75, 3.05) is 0 Å². The van der Waals surface area contributed by atoms with Gasteiger partial charge in [0.05, 0.1) is 0 Å². The van der Waals surface area contributed by atoms with E-state index in [2.05, 4.69) is 12.2 Å². The van der Waals surface area contributed by atoms with Gasteiger partial charge in [0.2, 0.25) is 0 Å². The fourth-order valence-corrected chi connectivity index (χ4v) is 0.589. The van der Waals surface area contributed by atoms with E-state index in [4.69, 9.17) is 0 Å². The van der Waals surface area contributed by atoms with Crippen LogP contribution in [-0.2, 0) is 0 Å². The first-order valence-electron chi connectivity index (χ1n) is 2.15. The molecule has 0 fully saturated rings. The van der Waals surface area contributed by atoms with Gasteiger partial charge in [0.25, 0.3) is 0 Å². The SMILES string of the molecule is C1=CCCC1.[Li]. The Kier molecular flexibility index (Phi) is 3.72. The second kappa shape index (κ2) is 3.52. The van der Waals surface area contributed by atoms with Crippen LogP contribution >= 0.6 is 0 Å². The molecule has 0 saturated carbocycles. The maximum absolute atomic E-state index is 2.24. The summed E-state index contributed by atoms with van der Waals surface area (Å²) in [6.07, 6.45) is 8.50. The van der Waals surface area contributed by atoms with Gasteiger partial charge < -0.3 is 0 Å². The topological polar surface area (TPSA) is 0 Å². The number of allylic oxidation sites excluding steroid dienone is 2. The molecule has 0 N–H and O–H groups in total. The smallest absolute Gasteiger partial charge is 0 e. The third-order valence-electron chi connectivity index (χ3n) is 0.908. The molecule has 0 aromatic heterocycles. The zero-order valence-electron chi connectivity index (χ0n) is 4.28. The Balaban J connectivity index is 0.000000250. The fourth-order valence-electron chi connectivity index (χ4n) is 0.589. The number of hydrogen-bond donors (Lipinski definition) is 0. The molecule has 6 heavy (non-hydrogen) atoms. The van der Waals surface area contributed by atoms with Crippen molar-refractivity contribution in [3.63, 3.8) is 0 Å². The van der Waals surface area contributed by atoms with Crippen molar-refractivity contribution in [1.82, 2.24) is 0 Å². The zero-order valence-corrected chi connectivity index (χ0v) is 4.28. The van der Waals surface area contributed by atoms with Crippen molar-refractivity contribution in [1.29, 1.82) is 0 Å². The molecule has 0 atom stereocenters. The van der Waals surface area contributed by atoms with Crippen LogP contribution in [0.5, 0.6) is 0 Å². The summed E-state index contributed by atoms with van der Waals surface area (Å²) in [5, 5.41) is 0. The van der Waals surface area contributed by atoms with Gasteiger partial charge in [-0.25, -0.2) is 0 Å². The van der Waals surface area contributed by atoms with Crippen molar-refractivity contribution in [2.24, 2.45) is 0 Å². The summed E-state index contributed by atoms with van der Waals surface area (Å²) in [4.78, 5) is 0. The minimum atomic E-state index is 0. The molecule has 1 radical (unpaired) electrons. The number of hydrogen-bond acceptors (Lipinski definition) is 0. The molecule has 0 unspecified atom stereocenters. The Labute approximate surface area is 50.8 Å². The van der Waals surface area contributed by atoms with Gasteiger partial charge >= 0.3 is 0 Å². The van der Waals surface area contributed by atoms with Crippen LogP contribution in [0, 0.1) is 0 Å². The van der Waals surface area contributed by atoms with Crippen molar-refractivity contribution >= 4 is 18.9 Å². The van der Waals surface area contributed by atoms with Gasteiger partial charge in [-0.3, -0.25) is 0 Å². The second-order valence-electron chi connectivity index (χ2n) is 1.40. The van der Waals surface area contributed by atoms with E-state index >= 15 is 0 Å². The van der Waals surface area contributed by atoms with Crippen molar-refractivity contribution in [3.05, 3.63) is 12.2 Å². The van der Waals surface area contributed by atoms with Crippen LogP contribution in [0.15, 0.2) is 12.2 Å². The van der Waals surface area contributed by atoms with Crippen LogP contribution < -0.4 is 0 Å². The van der Waals surface area contributed by atoms with Crippen LogP contribution in [0.2, 0.25) is 0 Å². The molecule has 0 spiro atoms. The summed E-state index contributed by atoms with van der Waals surface area (Å²) >= 11 is 0. The van der Waals surface area contributed by atoms with Crippen molar-refractivity contribution < 1.29 is 0 Å². The standard InChI is InChI=1S/C5H8.Li/c1-2-4-5-3-1;/h1-2H,3-5H2;. The van der Waals surface area contributed by atoms with Gasteiger partial charge in [-0.15, -0.1) is 0 Å². The first-order chi connectivity index (χ1) is 2.50. The molecule has 29 valence electrons. The summed E-state index contributed by atoms with van der Waals surface area (Å²) in [5.41, 5.74) is 0. The largest absolute Gasteiger partial charge is 0.0885 e. The third kappa shape index (κ3) is 1.70. The van der Waals surface area contributed by atoms with E-state index in [0.29, 0.717) is 0 Å². The van der Waals surface area contributed by atoms with E-state index < -0.39 is 0 Å². The minimum Gasteiger partial charge on any atom is -0.0885 e.